The molecule has 16 heavy (non-hydrogen) atoms. The lowest BCUT2D eigenvalue weighted by atomic mass is 10.3. The molecule has 0 aliphatic rings. The highest BCUT2D eigenvalue weighted by Crippen LogP contribution is 2.25. The van der Waals surface area contributed by atoms with E-state index in [-0.39, 0.29) is 5.71 Å². The van der Waals surface area contributed by atoms with Gasteiger partial charge >= 0.3 is 5.97 Å². The van der Waals surface area contributed by atoms with E-state index in [1.165, 1.54) is 0 Å². The average molecular weight is 306 g/mol. The van der Waals surface area contributed by atoms with Crippen LogP contribution in [-0.2, 0) is 4.79 Å². The summed E-state index contributed by atoms with van der Waals surface area (Å²) in [6, 6.07) is 5.10. The molecule has 0 aromatic heterocycles. The van der Waals surface area contributed by atoms with Crippen LogP contribution in [0.2, 0.25) is 5.02 Å². The van der Waals surface area contributed by atoms with Crippen molar-refractivity contribution in [2.45, 2.75) is 13.3 Å². The molecular weight excluding hydrogens is 295 g/mol. The lowest BCUT2D eigenvalue weighted by Crippen LogP contribution is -2.13. The van der Waals surface area contributed by atoms with Crippen molar-refractivity contribution in [3.05, 3.63) is 27.7 Å². The van der Waals surface area contributed by atoms with E-state index in [1.54, 1.807) is 25.1 Å². The van der Waals surface area contributed by atoms with Gasteiger partial charge in [0.15, 0.2) is 0 Å². The van der Waals surface area contributed by atoms with Gasteiger partial charge in [-0.25, -0.2) is 4.79 Å². The second kappa shape index (κ2) is 5.86. The molecule has 0 radical (unpaired) electrons. The van der Waals surface area contributed by atoms with Crippen LogP contribution in [0.4, 0.5) is 5.69 Å². The van der Waals surface area contributed by atoms with Gasteiger partial charge in [0.05, 0.1) is 5.69 Å². The molecule has 0 spiro atoms. The lowest BCUT2D eigenvalue weighted by molar-refractivity contribution is -0.129. The Morgan fingerprint density at radius 2 is 2.31 bits per heavy atom. The van der Waals surface area contributed by atoms with Gasteiger partial charge in [0.2, 0.25) is 0 Å². The quantitative estimate of drug-likeness (QED) is 0.662. The van der Waals surface area contributed by atoms with Gasteiger partial charge in [0.25, 0.3) is 0 Å². The van der Waals surface area contributed by atoms with Crippen molar-refractivity contribution in [1.82, 2.24) is 0 Å². The van der Waals surface area contributed by atoms with Crippen molar-refractivity contribution in [2.75, 3.05) is 5.43 Å². The molecule has 1 aromatic rings. The topological polar surface area (TPSA) is 61.7 Å². The summed E-state index contributed by atoms with van der Waals surface area (Å²) in [5.41, 5.74) is 3.41. The molecule has 0 saturated carbocycles. The monoisotopic (exact) mass is 304 g/mol. The minimum absolute atomic E-state index is 0.0712. The van der Waals surface area contributed by atoms with Gasteiger partial charge < -0.3 is 5.11 Å². The van der Waals surface area contributed by atoms with Crippen molar-refractivity contribution < 1.29 is 9.90 Å². The number of halogens is 2. The van der Waals surface area contributed by atoms with Crippen molar-refractivity contribution in [3.63, 3.8) is 0 Å². The summed E-state index contributed by atoms with van der Waals surface area (Å²) in [5, 5.41) is 13.2. The smallest absolute Gasteiger partial charge is 0.352 e. The Balaban J connectivity index is 2.85. The molecular formula is C10H10BrClN2O2. The number of anilines is 1. The van der Waals surface area contributed by atoms with Crippen LogP contribution in [0.1, 0.15) is 13.3 Å². The van der Waals surface area contributed by atoms with Gasteiger partial charge in [-0.05, 0) is 40.5 Å². The first kappa shape index (κ1) is 13.0. The minimum atomic E-state index is -1.03. The zero-order valence-electron chi connectivity index (χ0n) is 8.50. The van der Waals surface area contributed by atoms with Crippen LogP contribution in [0.15, 0.2) is 27.8 Å². The molecule has 0 unspecified atom stereocenters. The maximum Gasteiger partial charge on any atom is 0.352 e. The molecule has 0 amide bonds. The first-order valence-electron chi connectivity index (χ1n) is 4.55. The Labute approximate surface area is 106 Å². The second-order valence-electron chi connectivity index (χ2n) is 2.95. The lowest BCUT2D eigenvalue weighted by Gasteiger charge is -2.04. The zero-order valence-corrected chi connectivity index (χ0v) is 10.8. The number of hydrazone groups is 1. The van der Waals surface area contributed by atoms with Crippen LogP contribution in [-0.4, -0.2) is 16.8 Å². The average Bonchev–Trinajstić information content (AvgIpc) is 2.21. The number of nitrogens with zero attached hydrogens (tertiary/aromatic N) is 1. The van der Waals surface area contributed by atoms with Crippen LogP contribution in [0.25, 0.3) is 0 Å². The van der Waals surface area contributed by atoms with Gasteiger partial charge in [0, 0.05) is 9.50 Å². The van der Waals surface area contributed by atoms with Crippen molar-refractivity contribution in [1.29, 1.82) is 0 Å². The number of aliphatic carboxylic acids is 1. The number of nitrogens with one attached hydrogen (secondary N) is 1. The number of carboxylic acids is 1. The van der Waals surface area contributed by atoms with Gasteiger partial charge in [-0.1, -0.05) is 18.5 Å². The summed E-state index contributed by atoms with van der Waals surface area (Å²) in [4.78, 5) is 10.7. The number of carboxylic acid groups (broad SMARTS) is 1. The highest BCUT2D eigenvalue weighted by Gasteiger charge is 2.06. The van der Waals surface area contributed by atoms with E-state index in [0.717, 1.165) is 4.47 Å². The number of hydrogen-bond donors (Lipinski definition) is 2. The highest BCUT2D eigenvalue weighted by molar-refractivity contribution is 9.10. The van der Waals surface area contributed by atoms with Crippen molar-refractivity contribution in [2.24, 2.45) is 5.10 Å². The Morgan fingerprint density at radius 3 is 2.81 bits per heavy atom. The third-order valence-corrected chi connectivity index (χ3v) is 2.72. The number of rotatable bonds is 4. The fourth-order valence-electron chi connectivity index (χ4n) is 0.986. The molecule has 0 heterocycles. The third-order valence-electron chi connectivity index (χ3n) is 1.82. The molecule has 2 N–H and O–H groups in total. The molecule has 4 nitrogen and oxygen atoms in total. The van der Waals surface area contributed by atoms with Crippen LogP contribution in [0.5, 0.6) is 0 Å². The molecule has 86 valence electrons. The van der Waals surface area contributed by atoms with Crippen LogP contribution in [0, 0.1) is 0 Å². The highest BCUT2D eigenvalue weighted by atomic mass is 79.9. The Hall–Kier alpha value is -1.07. The van der Waals surface area contributed by atoms with E-state index < -0.39 is 5.97 Å². The van der Waals surface area contributed by atoms with E-state index in [1.807, 2.05) is 0 Å². The van der Waals surface area contributed by atoms with E-state index in [0.29, 0.717) is 17.1 Å². The summed E-state index contributed by atoms with van der Waals surface area (Å²) < 4.78 is 0.726. The molecule has 0 saturated heterocycles. The maximum absolute atomic E-state index is 10.7. The Bertz CT molecular complexity index is 435. The van der Waals surface area contributed by atoms with Crippen molar-refractivity contribution in [3.8, 4) is 0 Å². The molecule has 0 atom stereocenters. The van der Waals surface area contributed by atoms with Crippen LogP contribution >= 0.6 is 27.5 Å². The number of benzene rings is 1. The van der Waals surface area contributed by atoms with Crippen molar-refractivity contribution >= 4 is 44.9 Å². The molecule has 1 rings (SSSR count). The normalized spacial score (nSPS) is 11.3. The molecule has 6 heteroatoms. The van der Waals surface area contributed by atoms with E-state index >= 15 is 0 Å². The first-order valence-corrected chi connectivity index (χ1v) is 5.72. The first-order chi connectivity index (χ1) is 7.54. The molecule has 0 fully saturated rings. The molecule has 0 bridgehead atoms. The van der Waals surface area contributed by atoms with Gasteiger partial charge in [-0.15, -0.1) is 0 Å². The standard InChI is InChI=1S/C10H10BrClN2O2/c1-2-8(10(15)16)13-14-9-4-3-6(12)5-7(9)11/h3-5,14H,2H2,1H3,(H,15,16)/b13-8-. The SMILES string of the molecule is CC/C(=N/Nc1ccc(Cl)cc1Br)C(=O)O. The molecule has 0 aliphatic heterocycles. The van der Waals surface area contributed by atoms with Crippen LogP contribution in [0.3, 0.4) is 0 Å². The van der Waals surface area contributed by atoms with E-state index in [2.05, 4.69) is 26.5 Å². The van der Waals surface area contributed by atoms with E-state index in [4.69, 9.17) is 16.7 Å². The summed E-state index contributed by atoms with van der Waals surface area (Å²) in [6.07, 6.45) is 0.355. The summed E-state index contributed by atoms with van der Waals surface area (Å²) in [5.74, 6) is -1.03. The minimum Gasteiger partial charge on any atom is -0.477 e. The summed E-state index contributed by atoms with van der Waals surface area (Å²) in [7, 11) is 0. The fraction of sp³-hybridized carbons (Fsp3) is 0.200. The largest absolute Gasteiger partial charge is 0.477 e. The molecule has 1 aromatic carbocycles. The predicted octanol–water partition coefficient (Wildman–Crippen LogP) is 3.37. The van der Waals surface area contributed by atoms with Crippen LogP contribution < -0.4 is 5.43 Å². The third kappa shape index (κ3) is 3.50. The maximum atomic E-state index is 10.7. The number of hydrogen-bond acceptors (Lipinski definition) is 3. The molecule has 0 aliphatic carbocycles. The predicted molar refractivity (Wildman–Crippen MR) is 68.1 cm³/mol. The summed E-state index contributed by atoms with van der Waals surface area (Å²) >= 11 is 9.06. The fourth-order valence-corrected chi connectivity index (χ4v) is 1.76. The summed E-state index contributed by atoms with van der Waals surface area (Å²) in [6.45, 7) is 1.73. The van der Waals surface area contributed by atoms with E-state index in [9.17, 15) is 4.79 Å². The Kier molecular flexibility index (Phi) is 4.76. The zero-order chi connectivity index (χ0) is 12.1. The van der Waals surface area contributed by atoms with Gasteiger partial charge in [0.1, 0.15) is 5.71 Å². The van der Waals surface area contributed by atoms with Gasteiger partial charge in [-0.3, -0.25) is 5.43 Å². The Morgan fingerprint density at radius 1 is 1.62 bits per heavy atom. The second-order valence-corrected chi connectivity index (χ2v) is 4.24. The number of carbonyl (C=O) groups is 1. The van der Waals surface area contributed by atoms with Gasteiger partial charge in [-0.2, -0.15) is 5.10 Å².